The van der Waals surface area contributed by atoms with Gasteiger partial charge >= 0.3 is 6.09 Å². The first-order valence-electron chi connectivity index (χ1n) is 5.97. The van der Waals surface area contributed by atoms with Gasteiger partial charge < -0.3 is 10.5 Å². The lowest BCUT2D eigenvalue weighted by molar-refractivity contribution is 0.162. The molecule has 4 heteroatoms. The van der Waals surface area contributed by atoms with Crippen LogP contribution in [0.25, 0.3) is 0 Å². The van der Waals surface area contributed by atoms with Gasteiger partial charge in [-0.05, 0) is 25.5 Å². The average Bonchev–Trinajstić information content (AvgIpc) is 2.40. The highest BCUT2D eigenvalue weighted by Gasteiger charge is 2.26. The van der Waals surface area contributed by atoms with E-state index < -0.39 is 6.09 Å². The highest BCUT2D eigenvalue weighted by Crippen LogP contribution is 2.29. The van der Waals surface area contributed by atoms with Gasteiger partial charge in [0.25, 0.3) is 0 Å². The van der Waals surface area contributed by atoms with Crippen LogP contribution in [0, 0.1) is 5.41 Å². The van der Waals surface area contributed by atoms with Gasteiger partial charge in [-0.25, -0.2) is 4.79 Å². The third-order valence-corrected chi connectivity index (χ3v) is 2.81. The Morgan fingerprint density at radius 2 is 1.95 bits per heavy atom. The van der Waals surface area contributed by atoms with E-state index in [4.69, 9.17) is 5.41 Å². The maximum absolute atomic E-state index is 11.4. The highest BCUT2D eigenvalue weighted by molar-refractivity contribution is 5.89. The predicted octanol–water partition coefficient (Wildman–Crippen LogP) is 3.52. The minimum Gasteiger partial charge on any atom is -0.465 e. The first kappa shape index (κ1) is 14.7. The third-order valence-electron chi connectivity index (χ3n) is 2.81. The Morgan fingerprint density at radius 3 is 2.37 bits per heavy atom. The summed E-state index contributed by atoms with van der Waals surface area (Å²) >= 11 is 0. The number of allylic oxidation sites excluding steroid dienone is 6. The molecule has 1 amide bonds. The molecule has 19 heavy (non-hydrogen) atoms. The molecule has 0 aromatic carbocycles. The SMILES string of the molecule is C=CC1=C(C=N)C(/C=C\C)=C(/C=C\C)N(C(=O)O)C1. The summed E-state index contributed by atoms with van der Waals surface area (Å²) in [6, 6.07) is 0. The van der Waals surface area contributed by atoms with Gasteiger partial charge in [-0.15, -0.1) is 0 Å². The predicted molar refractivity (Wildman–Crippen MR) is 77.4 cm³/mol. The van der Waals surface area contributed by atoms with Crippen LogP contribution in [0.2, 0.25) is 0 Å². The molecular formula is C15H18N2O2. The quantitative estimate of drug-likeness (QED) is 0.758. The van der Waals surface area contributed by atoms with Crippen molar-refractivity contribution in [2.75, 3.05) is 6.54 Å². The minimum atomic E-state index is -1.02. The number of nitrogens with one attached hydrogen (secondary N) is 1. The van der Waals surface area contributed by atoms with E-state index in [1.807, 2.05) is 26.0 Å². The molecule has 0 saturated heterocycles. The lowest BCUT2D eigenvalue weighted by atomic mass is 9.93. The Bertz CT molecular complexity index is 522. The molecule has 0 bridgehead atoms. The van der Waals surface area contributed by atoms with Crippen molar-refractivity contribution in [2.24, 2.45) is 0 Å². The molecule has 100 valence electrons. The molecule has 2 N–H and O–H groups in total. The van der Waals surface area contributed by atoms with Crippen LogP contribution in [-0.4, -0.2) is 28.9 Å². The summed E-state index contributed by atoms with van der Waals surface area (Å²) in [5.41, 5.74) is 2.74. The normalized spacial score (nSPS) is 16.6. The summed E-state index contributed by atoms with van der Waals surface area (Å²) < 4.78 is 0. The van der Waals surface area contributed by atoms with Gasteiger partial charge in [0, 0.05) is 17.4 Å². The molecule has 0 unspecified atom stereocenters. The first-order chi connectivity index (χ1) is 9.10. The number of rotatable bonds is 4. The van der Waals surface area contributed by atoms with Crippen LogP contribution in [0.4, 0.5) is 4.79 Å². The van der Waals surface area contributed by atoms with E-state index in [9.17, 15) is 9.90 Å². The van der Waals surface area contributed by atoms with Crippen molar-refractivity contribution in [1.82, 2.24) is 4.90 Å². The Morgan fingerprint density at radius 1 is 1.32 bits per heavy atom. The highest BCUT2D eigenvalue weighted by atomic mass is 16.4. The van der Waals surface area contributed by atoms with Crippen molar-refractivity contribution < 1.29 is 9.90 Å². The fourth-order valence-corrected chi connectivity index (χ4v) is 1.99. The topological polar surface area (TPSA) is 64.4 Å². The van der Waals surface area contributed by atoms with E-state index in [1.165, 1.54) is 11.1 Å². The number of carboxylic acid groups (broad SMARTS) is 1. The summed E-state index contributed by atoms with van der Waals surface area (Å²) in [7, 11) is 0. The van der Waals surface area contributed by atoms with Crippen LogP contribution in [0.15, 0.2) is 59.4 Å². The van der Waals surface area contributed by atoms with Crippen LogP contribution in [0.5, 0.6) is 0 Å². The average molecular weight is 258 g/mol. The van der Waals surface area contributed by atoms with E-state index in [2.05, 4.69) is 6.58 Å². The molecule has 0 radical (unpaired) electrons. The van der Waals surface area contributed by atoms with E-state index in [1.54, 1.807) is 18.2 Å². The molecular weight excluding hydrogens is 240 g/mol. The first-order valence-corrected chi connectivity index (χ1v) is 5.97. The Kier molecular flexibility index (Phi) is 5.06. The number of carbonyl (C=O) groups is 1. The third kappa shape index (κ3) is 2.91. The summed E-state index contributed by atoms with van der Waals surface area (Å²) in [6.07, 6.45) is 9.00. The number of nitrogens with zero attached hydrogens (tertiary/aromatic N) is 1. The molecule has 1 heterocycles. The minimum absolute atomic E-state index is 0.213. The maximum Gasteiger partial charge on any atom is 0.412 e. The molecule has 0 aliphatic carbocycles. The van der Waals surface area contributed by atoms with Crippen LogP contribution in [-0.2, 0) is 0 Å². The van der Waals surface area contributed by atoms with Gasteiger partial charge in [0.15, 0.2) is 0 Å². The Balaban J connectivity index is 3.60. The van der Waals surface area contributed by atoms with Crippen LogP contribution < -0.4 is 0 Å². The Labute approximate surface area is 113 Å². The largest absolute Gasteiger partial charge is 0.465 e. The fourth-order valence-electron chi connectivity index (χ4n) is 1.99. The van der Waals surface area contributed by atoms with Gasteiger partial charge in [-0.2, -0.15) is 0 Å². The number of hydrogen-bond donors (Lipinski definition) is 2. The molecule has 1 aliphatic rings. The van der Waals surface area contributed by atoms with Crippen LogP contribution >= 0.6 is 0 Å². The van der Waals surface area contributed by atoms with E-state index >= 15 is 0 Å². The molecule has 0 aromatic heterocycles. The van der Waals surface area contributed by atoms with Gasteiger partial charge in [-0.3, -0.25) is 4.90 Å². The second-order valence-corrected chi connectivity index (χ2v) is 3.96. The van der Waals surface area contributed by atoms with Crippen molar-refractivity contribution in [3.63, 3.8) is 0 Å². The second-order valence-electron chi connectivity index (χ2n) is 3.96. The van der Waals surface area contributed by atoms with Crippen molar-refractivity contribution in [3.05, 3.63) is 59.4 Å². The van der Waals surface area contributed by atoms with Crippen molar-refractivity contribution >= 4 is 12.3 Å². The molecule has 1 aliphatic heterocycles. The molecule has 0 atom stereocenters. The molecule has 4 nitrogen and oxygen atoms in total. The zero-order valence-electron chi connectivity index (χ0n) is 11.2. The fraction of sp³-hybridized carbons (Fsp3) is 0.200. The van der Waals surface area contributed by atoms with Gasteiger partial charge in [0.2, 0.25) is 0 Å². The van der Waals surface area contributed by atoms with Gasteiger partial charge in [0.05, 0.1) is 12.2 Å². The Hall–Kier alpha value is -2.36. The van der Waals surface area contributed by atoms with Crippen LogP contribution in [0.1, 0.15) is 13.8 Å². The zero-order chi connectivity index (χ0) is 14.4. The smallest absolute Gasteiger partial charge is 0.412 e. The van der Waals surface area contributed by atoms with Gasteiger partial charge in [-0.1, -0.05) is 30.9 Å². The van der Waals surface area contributed by atoms with E-state index in [0.29, 0.717) is 11.3 Å². The van der Waals surface area contributed by atoms with E-state index in [0.717, 1.165) is 11.1 Å². The number of amides is 1. The molecule has 0 spiro atoms. The monoisotopic (exact) mass is 258 g/mol. The molecule has 0 saturated carbocycles. The molecule has 1 rings (SSSR count). The van der Waals surface area contributed by atoms with Gasteiger partial charge in [0.1, 0.15) is 0 Å². The maximum atomic E-state index is 11.4. The molecule has 0 aromatic rings. The van der Waals surface area contributed by atoms with Crippen molar-refractivity contribution in [3.8, 4) is 0 Å². The standard InChI is InChI=1S/C15H18N2O2/c1-4-7-12-13(9-16)11(6-3)10-17(15(18)19)14(12)8-5-2/h4-9,16H,3,10H2,1-2H3,(H,18,19)/b7-4-,8-5-,16-9?. The summed E-state index contributed by atoms with van der Waals surface area (Å²) in [5, 5.41) is 16.9. The van der Waals surface area contributed by atoms with E-state index in [-0.39, 0.29) is 6.54 Å². The molecule has 0 fully saturated rings. The van der Waals surface area contributed by atoms with Crippen LogP contribution in [0.3, 0.4) is 0 Å². The lowest BCUT2D eigenvalue weighted by Crippen LogP contribution is -2.34. The van der Waals surface area contributed by atoms with Crippen molar-refractivity contribution in [1.29, 1.82) is 5.41 Å². The second kappa shape index (κ2) is 6.54. The summed E-state index contributed by atoms with van der Waals surface area (Å²) in [6.45, 7) is 7.60. The zero-order valence-corrected chi connectivity index (χ0v) is 11.2. The van der Waals surface area contributed by atoms with Crippen molar-refractivity contribution in [2.45, 2.75) is 13.8 Å². The summed E-state index contributed by atoms with van der Waals surface area (Å²) in [4.78, 5) is 12.6. The summed E-state index contributed by atoms with van der Waals surface area (Å²) in [5.74, 6) is 0. The number of hydrogen-bond acceptors (Lipinski definition) is 2. The lowest BCUT2D eigenvalue weighted by Gasteiger charge is -2.29.